The summed E-state index contributed by atoms with van der Waals surface area (Å²) in [7, 11) is 0. The molecule has 0 aliphatic rings. The zero-order valence-corrected chi connectivity index (χ0v) is 34.3. The normalized spacial score (nSPS) is 10.6. The summed E-state index contributed by atoms with van der Waals surface area (Å²) in [6.45, 7) is 3.44. The SMILES string of the molecule is CCCCCCCCCCCCCOC(=O)CCCC(=O)OCc1ccc(C#Cc2ccc(CC(=O)OCCCCCC(=O)OCCCCCC(=O)O)cc2)cc1. The average Bonchev–Trinajstić information content (AvgIpc) is 3.20. The van der Waals surface area contributed by atoms with Crippen molar-refractivity contribution in [1.82, 2.24) is 0 Å². The van der Waals surface area contributed by atoms with Crippen LogP contribution in [0.2, 0.25) is 0 Å². The van der Waals surface area contributed by atoms with E-state index >= 15 is 0 Å². The predicted molar refractivity (Wildman–Crippen MR) is 220 cm³/mol. The van der Waals surface area contributed by atoms with E-state index in [1.165, 1.54) is 57.8 Å². The Kier molecular flexibility index (Phi) is 27.6. The molecular weight excluding hydrogens is 725 g/mol. The van der Waals surface area contributed by atoms with E-state index in [2.05, 4.69) is 18.8 Å². The number of carbonyl (C=O) groups excluding carboxylic acids is 4. The lowest BCUT2D eigenvalue weighted by Crippen LogP contribution is -2.09. The Morgan fingerprint density at radius 3 is 1.32 bits per heavy atom. The van der Waals surface area contributed by atoms with Crippen LogP contribution >= 0.6 is 0 Å². The van der Waals surface area contributed by atoms with Crippen LogP contribution in [0, 0.1) is 11.8 Å². The molecule has 314 valence electrons. The Bertz CT molecular complexity index is 1490. The summed E-state index contributed by atoms with van der Waals surface area (Å²) in [5.41, 5.74) is 3.28. The number of unbranched alkanes of at least 4 members (excludes halogenated alkanes) is 14. The van der Waals surface area contributed by atoms with Crippen LogP contribution in [-0.2, 0) is 55.9 Å². The summed E-state index contributed by atoms with van der Waals surface area (Å²) in [6.07, 6.45) is 19.1. The first-order valence-electron chi connectivity index (χ1n) is 21.3. The highest BCUT2D eigenvalue weighted by Crippen LogP contribution is 2.13. The molecule has 0 saturated carbocycles. The van der Waals surface area contributed by atoms with E-state index in [4.69, 9.17) is 24.1 Å². The van der Waals surface area contributed by atoms with Crippen molar-refractivity contribution in [1.29, 1.82) is 0 Å². The zero-order chi connectivity index (χ0) is 41.2. The number of carboxylic acid groups (broad SMARTS) is 1. The first-order chi connectivity index (χ1) is 27.7. The van der Waals surface area contributed by atoms with Crippen LogP contribution in [0.3, 0.4) is 0 Å². The molecule has 2 aromatic rings. The maximum Gasteiger partial charge on any atom is 0.310 e. The molecule has 0 bridgehead atoms. The number of benzene rings is 2. The van der Waals surface area contributed by atoms with Gasteiger partial charge in [0.15, 0.2) is 0 Å². The second-order valence-corrected chi connectivity index (χ2v) is 14.5. The Balaban J connectivity index is 1.50. The molecule has 0 atom stereocenters. The van der Waals surface area contributed by atoms with Crippen LogP contribution in [-0.4, -0.2) is 54.8 Å². The van der Waals surface area contributed by atoms with Gasteiger partial charge in [0.1, 0.15) is 6.61 Å². The maximum atomic E-state index is 12.3. The van der Waals surface area contributed by atoms with Gasteiger partial charge >= 0.3 is 29.8 Å². The average molecular weight is 791 g/mol. The first-order valence-corrected chi connectivity index (χ1v) is 21.3. The standard InChI is InChI=1S/C47H66O10/c1-2-3-4-5-6-7-8-9-10-11-16-34-55-45(51)22-19-23-46(52)57-38-42-32-28-40(29-33-42)25-24-39-26-30-41(31-27-39)37-47(53)56-36-18-13-15-21-44(50)54-35-17-12-14-20-43(48)49/h26-33H,2-23,34-38H2,1H3,(H,48,49). The van der Waals surface area contributed by atoms with E-state index in [-0.39, 0.29) is 56.2 Å². The molecule has 0 aromatic heterocycles. The van der Waals surface area contributed by atoms with Gasteiger partial charge < -0.3 is 24.1 Å². The lowest BCUT2D eigenvalue weighted by Gasteiger charge is -2.06. The largest absolute Gasteiger partial charge is 0.481 e. The quantitative estimate of drug-likeness (QED) is 0.0329. The smallest absolute Gasteiger partial charge is 0.310 e. The van der Waals surface area contributed by atoms with Crippen LogP contribution in [0.1, 0.15) is 170 Å². The highest BCUT2D eigenvalue weighted by molar-refractivity contribution is 5.73. The van der Waals surface area contributed by atoms with Crippen molar-refractivity contribution in [2.75, 3.05) is 19.8 Å². The molecule has 0 fully saturated rings. The molecular formula is C47H66O10. The van der Waals surface area contributed by atoms with Crippen LogP contribution in [0.4, 0.5) is 0 Å². The van der Waals surface area contributed by atoms with Gasteiger partial charge in [-0.15, -0.1) is 0 Å². The number of carbonyl (C=O) groups is 5. The van der Waals surface area contributed by atoms with Crippen molar-refractivity contribution in [3.05, 3.63) is 70.8 Å². The highest BCUT2D eigenvalue weighted by Gasteiger charge is 2.09. The molecule has 0 saturated heterocycles. The summed E-state index contributed by atoms with van der Waals surface area (Å²) in [5, 5.41) is 8.62. The topological polar surface area (TPSA) is 143 Å². The van der Waals surface area contributed by atoms with Crippen LogP contribution in [0.25, 0.3) is 0 Å². The van der Waals surface area contributed by atoms with Crippen LogP contribution < -0.4 is 0 Å². The molecule has 0 aliphatic heterocycles. The minimum atomic E-state index is -0.816. The van der Waals surface area contributed by atoms with Gasteiger partial charge in [-0.2, -0.15) is 0 Å². The van der Waals surface area contributed by atoms with E-state index in [0.29, 0.717) is 64.8 Å². The lowest BCUT2D eigenvalue weighted by molar-refractivity contribution is -0.147. The van der Waals surface area contributed by atoms with E-state index < -0.39 is 5.97 Å². The molecule has 57 heavy (non-hydrogen) atoms. The van der Waals surface area contributed by atoms with Crippen molar-refractivity contribution in [2.45, 2.75) is 161 Å². The minimum absolute atomic E-state index is 0.132. The number of hydrogen-bond donors (Lipinski definition) is 1. The Morgan fingerprint density at radius 1 is 0.439 bits per heavy atom. The van der Waals surface area contributed by atoms with E-state index in [0.717, 1.165) is 41.5 Å². The van der Waals surface area contributed by atoms with Crippen molar-refractivity contribution < 1.29 is 48.0 Å². The Morgan fingerprint density at radius 2 is 0.825 bits per heavy atom. The van der Waals surface area contributed by atoms with Crippen molar-refractivity contribution >= 4 is 29.8 Å². The monoisotopic (exact) mass is 790 g/mol. The fraction of sp³-hybridized carbons (Fsp3) is 0.596. The number of rotatable bonds is 32. The van der Waals surface area contributed by atoms with Crippen molar-refractivity contribution in [3.63, 3.8) is 0 Å². The van der Waals surface area contributed by atoms with Gasteiger partial charge in [0, 0.05) is 36.8 Å². The van der Waals surface area contributed by atoms with Crippen molar-refractivity contribution in [2.24, 2.45) is 0 Å². The van der Waals surface area contributed by atoms with Gasteiger partial charge in [0.05, 0.1) is 26.2 Å². The van der Waals surface area contributed by atoms with Gasteiger partial charge in [0.2, 0.25) is 0 Å². The second kappa shape index (κ2) is 32.4. The van der Waals surface area contributed by atoms with Gasteiger partial charge in [-0.25, -0.2) is 0 Å². The van der Waals surface area contributed by atoms with E-state index in [1.807, 2.05) is 48.5 Å². The van der Waals surface area contributed by atoms with E-state index in [1.54, 1.807) is 0 Å². The third-order valence-corrected chi connectivity index (χ3v) is 9.37. The number of hydrogen-bond acceptors (Lipinski definition) is 9. The molecule has 0 heterocycles. The van der Waals surface area contributed by atoms with Gasteiger partial charge in [-0.1, -0.05) is 107 Å². The molecule has 10 heteroatoms. The Hall–Kier alpha value is -4.65. The summed E-state index contributed by atoms with van der Waals surface area (Å²) < 4.78 is 21.2. The molecule has 0 spiro atoms. The molecule has 10 nitrogen and oxygen atoms in total. The molecule has 0 amide bonds. The fourth-order valence-corrected chi connectivity index (χ4v) is 5.94. The number of esters is 4. The first kappa shape index (κ1) is 48.5. The van der Waals surface area contributed by atoms with Gasteiger partial charge in [0.25, 0.3) is 0 Å². The molecule has 0 unspecified atom stereocenters. The third-order valence-electron chi connectivity index (χ3n) is 9.37. The third kappa shape index (κ3) is 27.6. The summed E-state index contributed by atoms with van der Waals surface area (Å²) in [6, 6.07) is 14.9. The lowest BCUT2D eigenvalue weighted by atomic mass is 10.1. The highest BCUT2D eigenvalue weighted by atomic mass is 16.5. The molecule has 2 aromatic carbocycles. The predicted octanol–water partition coefficient (Wildman–Crippen LogP) is 9.99. The van der Waals surface area contributed by atoms with Crippen molar-refractivity contribution in [3.8, 4) is 11.8 Å². The van der Waals surface area contributed by atoms with Gasteiger partial charge in [-0.3, -0.25) is 24.0 Å². The molecule has 0 radical (unpaired) electrons. The molecule has 2 rings (SSSR count). The maximum absolute atomic E-state index is 12.3. The Labute approximate surface area is 340 Å². The second-order valence-electron chi connectivity index (χ2n) is 14.5. The minimum Gasteiger partial charge on any atom is -0.481 e. The number of ether oxygens (including phenoxy) is 4. The summed E-state index contributed by atoms with van der Waals surface area (Å²) in [4.78, 5) is 58.7. The fourth-order valence-electron chi connectivity index (χ4n) is 5.94. The van der Waals surface area contributed by atoms with Gasteiger partial charge in [-0.05, 0) is 86.8 Å². The number of carboxylic acids is 1. The zero-order valence-electron chi connectivity index (χ0n) is 34.3. The molecule has 0 aliphatic carbocycles. The molecule has 1 N–H and O–H groups in total. The van der Waals surface area contributed by atoms with Crippen LogP contribution in [0.15, 0.2) is 48.5 Å². The van der Waals surface area contributed by atoms with E-state index in [9.17, 15) is 24.0 Å². The van der Waals surface area contributed by atoms with Crippen LogP contribution in [0.5, 0.6) is 0 Å². The summed E-state index contributed by atoms with van der Waals surface area (Å²) >= 11 is 0. The number of aliphatic carboxylic acids is 1. The summed E-state index contributed by atoms with van der Waals surface area (Å²) in [5.74, 6) is 4.24.